The van der Waals surface area contributed by atoms with E-state index < -0.39 is 40.4 Å². The van der Waals surface area contributed by atoms with Crippen molar-refractivity contribution in [2.75, 3.05) is 13.2 Å². The van der Waals surface area contributed by atoms with Gasteiger partial charge in [0.2, 0.25) is 0 Å². The van der Waals surface area contributed by atoms with Crippen LogP contribution in [0.15, 0.2) is 24.3 Å². The molecule has 0 radical (unpaired) electrons. The van der Waals surface area contributed by atoms with Gasteiger partial charge in [-0.2, -0.15) is 0 Å². The lowest BCUT2D eigenvalue weighted by atomic mass is 10.0. The Morgan fingerprint density at radius 1 is 1.17 bits per heavy atom. The number of aliphatic hydroxyl groups is 2. The van der Waals surface area contributed by atoms with Gasteiger partial charge in [0.25, 0.3) is 11.6 Å². The van der Waals surface area contributed by atoms with Gasteiger partial charge in [0.05, 0.1) is 17.6 Å². The zero-order valence-electron chi connectivity index (χ0n) is 15.9. The van der Waals surface area contributed by atoms with Gasteiger partial charge in [-0.1, -0.05) is 29.6 Å². The summed E-state index contributed by atoms with van der Waals surface area (Å²) in [7, 11) is 0. The van der Waals surface area contributed by atoms with Gasteiger partial charge in [-0.05, 0) is 37.1 Å². The molecule has 13 heteroatoms. The summed E-state index contributed by atoms with van der Waals surface area (Å²) in [5, 5.41) is 40.1. The highest BCUT2D eigenvalue weighted by atomic mass is 79.9. The van der Waals surface area contributed by atoms with Crippen molar-refractivity contribution < 1.29 is 29.8 Å². The fourth-order valence-corrected chi connectivity index (χ4v) is 2.22. The van der Waals surface area contributed by atoms with Crippen molar-refractivity contribution in [2.24, 2.45) is 5.73 Å². The summed E-state index contributed by atoms with van der Waals surface area (Å²) in [6, 6.07) is 4.05. The van der Waals surface area contributed by atoms with Gasteiger partial charge >= 0.3 is 5.97 Å². The molecule has 0 saturated heterocycles. The Morgan fingerprint density at radius 3 is 2.13 bits per heavy atom. The minimum Gasteiger partial charge on any atom is -0.481 e. The standard InChI is InChI=1S/C11H12Cl2N2O5.C6H13NO2.BrH/c12-10(13)11(18)14-8(5-16)9(17)6-1-3-7(4-2-6)15(19)20;7-5-3-1-2-4-6(8)9;/h1-4,8-10,16-17H,5H2,(H,14,18);1-5,7H2,(H,8,9);1H/t8-,9-;;/m1../s1. The number of unbranched alkanes of at least 4 members (excludes halogenated alkanes) is 2. The number of hydrogen-bond donors (Lipinski definition) is 5. The molecule has 30 heavy (non-hydrogen) atoms. The molecule has 1 amide bonds. The molecule has 0 unspecified atom stereocenters. The summed E-state index contributed by atoms with van der Waals surface area (Å²) < 4.78 is 0. The van der Waals surface area contributed by atoms with Crippen LogP contribution in [0.4, 0.5) is 5.69 Å². The smallest absolute Gasteiger partial charge is 0.303 e. The average molecular weight is 535 g/mol. The summed E-state index contributed by atoms with van der Waals surface area (Å²) >= 11 is 10.7. The highest BCUT2D eigenvalue weighted by molar-refractivity contribution is 8.93. The summed E-state index contributed by atoms with van der Waals surface area (Å²) in [6.45, 7) is 0.115. The number of aliphatic carboxylic acids is 1. The van der Waals surface area contributed by atoms with Crippen LogP contribution in [0.2, 0.25) is 0 Å². The van der Waals surface area contributed by atoms with E-state index in [2.05, 4.69) is 5.32 Å². The Hall–Kier alpha value is -1.50. The van der Waals surface area contributed by atoms with Crippen LogP contribution in [0.5, 0.6) is 0 Å². The summed E-state index contributed by atoms with van der Waals surface area (Å²) in [5.74, 6) is -1.47. The van der Waals surface area contributed by atoms with Crippen molar-refractivity contribution in [2.45, 2.75) is 42.7 Å². The van der Waals surface area contributed by atoms with Gasteiger partial charge in [0.1, 0.15) is 6.10 Å². The number of nitro benzene ring substituents is 1. The second-order valence-electron chi connectivity index (χ2n) is 5.88. The number of benzene rings is 1. The Bertz CT molecular complexity index is 651. The lowest BCUT2D eigenvalue weighted by molar-refractivity contribution is -0.384. The van der Waals surface area contributed by atoms with Gasteiger partial charge in [-0.25, -0.2) is 0 Å². The van der Waals surface area contributed by atoms with Crippen LogP contribution in [0.3, 0.4) is 0 Å². The molecule has 0 heterocycles. The number of halogens is 3. The molecule has 0 spiro atoms. The van der Waals surface area contributed by atoms with Crippen molar-refractivity contribution in [3.05, 3.63) is 39.9 Å². The number of amides is 1. The fraction of sp³-hybridized carbons (Fsp3) is 0.529. The number of nitro groups is 1. The predicted molar refractivity (Wildman–Crippen MR) is 118 cm³/mol. The van der Waals surface area contributed by atoms with Crippen molar-refractivity contribution in [3.63, 3.8) is 0 Å². The van der Waals surface area contributed by atoms with E-state index in [1.807, 2.05) is 0 Å². The molecule has 172 valence electrons. The van der Waals surface area contributed by atoms with Crippen LogP contribution in [-0.2, 0) is 9.59 Å². The van der Waals surface area contributed by atoms with E-state index in [-0.39, 0.29) is 29.1 Å². The third-order valence-electron chi connectivity index (χ3n) is 3.64. The molecule has 0 saturated carbocycles. The Labute approximate surface area is 194 Å². The van der Waals surface area contributed by atoms with Crippen LogP contribution in [0.1, 0.15) is 37.4 Å². The van der Waals surface area contributed by atoms with Crippen LogP contribution in [-0.4, -0.2) is 56.1 Å². The molecule has 2 atom stereocenters. The molecule has 6 N–H and O–H groups in total. The number of carbonyl (C=O) groups is 2. The number of nitrogens with zero attached hydrogens (tertiary/aromatic N) is 1. The molecule has 0 bridgehead atoms. The number of nitrogens with two attached hydrogens (primary N) is 1. The molecule has 10 nitrogen and oxygen atoms in total. The van der Waals surface area contributed by atoms with E-state index >= 15 is 0 Å². The zero-order valence-corrected chi connectivity index (χ0v) is 19.2. The SMILES string of the molecule is Br.NCCCCCC(=O)O.O=C(N[C@H](CO)[C@H](O)c1ccc([N+](=O)[O-])cc1)C(Cl)Cl. The van der Waals surface area contributed by atoms with E-state index in [4.69, 9.17) is 39.1 Å². The van der Waals surface area contributed by atoms with Gasteiger partial charge in [0.15, 0.2) is 4.84 Å². The first kappa shape index (κ1) is 30.7. The minimum atomic E-state index is -1.33. The molecule has 0 aliphatic rings. The first-order chi connectivity index (χ1) is 13.6. The van der Waals surface area contributed by atoms with Gasteiger partial charge in [-0.3, -0.25) is 19.7 Å². The van der Waals surface area contributed by atoms with Crippen LogP contribution in [0.25, 0.3) is 0 Å². The van der Waals surface area contributed by atoms with Crippen LogP contribution >= 0.6 is 40.2 Å². The van der Waals surface area contributed by atoms with Crippen LogP contribution in [0, 0.1) is 10.1 Å². The molecule has 1 rings (SSSR count). The van der Waals surface area contributed by atoms with Crippen LogP contribution < -0.4 is 11.1 Å². The van der Waals surface area contributed by atoms with Crippen molar-refractivity contribution in [1.82, 2.24) is 5.32 Å². The lowest BCUT2D eigenvalue weighted by Crippen LogP contribution is -2.44. The summed E-state index contributed by atoms with van der Waals surface area (Å²) in [5.41, 5.74) is 5.37. The number of alkyl halides is 2. The largest absolute Gasteiger partial charge is 0.481 e. The molecular formula is C17H26BrCl2N3O7. The molecule has 0 aliphatic heterocycles. The maximum atomic E-state index is 11.3. The number of non-ortho nitro benzene ring substituents is 1. The van der Waals surface area contributed by atoms with E-state index in [9.17, 15) is 24.8 Å². The number of carboxylic acid groups (broad SMARTS) is 1. The maximum Gasteiger partial charge on any atom is 0.303 e. The number of rotatable bonds is 11. The van der Waals surface area contributed by atoms with Crippen molar-refractivity contribution in [3.8, 4) is 0 Å². The molecular weight excluding hydrogens is 509 g/mol. The van der Waals surface area contributed by atoms with E-state index in [0.717, 1.165) is 19.3 Å². The van der Waals surface area contributed by atoms with E-state index in [1.165, 1.54) is 24.3 Å². The second kappa shape index (κ2) is 17.2. The van der Waals surface area contributed by atoms with Crippen molar-refractivity contribution in [1.29, 1.82) is 0 Å². The summed E-state index contributed by atoms with van der Waals surface area (Å²) in [6.07, 6.45) is 1.65. The molecule has 0 aromatic heterocycles. The number of hydrogen-bond acceptors (Lipinski definition) is 7. The molecule has 0 aliphatic carbocycles. The fourth-order valence-electron chi connectivity index (χ4n) is 2.09. The Balaban J connectivity index is 0. The maximum absolute atomic E-state index is 11.3. The normalized spacial score (nSPS) is 12.1. The third kappa shape index (κ3) is 12.9. The molecule has 1 aromatic carbocycles. The van der Waals surface area contributed by atoms with E-state index in [1.54, 1.807) is 0 Å². The van der Waals surface area contributed by atoms with E-state index in [0.29, 0.717) is 12.1 Å². The first-order valence-electron chi connectivity index (χ1n) is 8.67. The van der Waals surface area contributed by atoms with Gasteiger partial charge in [0, 0.05) is 18.6 Å². The molecule has 1 aromatic rings. The first-order valence-corrected chi connectivity index (χ1v) is 9.55. The second-order valence-corrected chi connectivity index (χ2v) is 6.98. The number of carbonyl (C=O) groups excluding carboxylic acids is 1. The van der Waals surface area contributed by atoms with Gasteiger partial charge < -0.3 is 26.4 Å². The molecule has 0 fully saturated rings. The number of aliphatic hydroxyl groups excluding tert-OH is 2. The monoisotopic (exact) mass is 533 g/mol. The third-order valence-corrected chi connectivity index (χ3v) is 4.04. The quantitative estimate of drug-likeness (QED) is 0.124. The van der Waals surface area contributed by atoms with Gasteiger partial charge in [-0.15, -0.1) is 17.0 Å². The predicted octanol–water partition coefficient (Wildman–Crippen LogP) is 2.08. The highest BCUT2D eigenvalue weighted by Crippen LogP contribution is 2.20. The Morgan fingerprint density at radius 2 is 1.73 bits per heavy atom. The zero-order chi connectivity index (χ0) is 22.4. The Kier molecular flexibility index (Phi) is 17.6. The number of nitrogens with one attached hydrogen (secondary N) is 1. The lowest BCUT2D eigenvalue weighted by Gasteiger charge is -2.22. The topological polar surface area (TPSA) is 176 Å². The van der Waals surface area contributed by atoms with Crippen molar-refractivity contribution >= 4 is 57.7 Å². The number of carboxylic acids is 1. The minimum absolute atomic E-state index is 0. The average Bonchev–Trinajstić information content (AvgIpc) is 2.69. The summed E-state index contributed by atoms with van der Waals surface area (Å²) in [4.78, 5) is 29.8. The highest BCUT2D eigenvalue weighted by Gasteiger charge is 2.24.